The molecule has 19 heavy (non-hydrogen) atoms. The quantitative estimate of drug-likeness (QED) is 0.923. The lowest BCUT2D eigenvalue weighted by molar-refractivity contribution is 0.630. The Labute approximate surface area is 120 Å². The van der Waals surface area contributed by atoms with E-state index in [1.807, 2.05) is 11.5 Å². The molecule has 2 aromatic rings. The van der Waals surface area contributed by atoms with Crippen LogP contribution >= 0.6 is 15.9 Å². The second-order valence-electron chi connectivity index (χ2n) is 4.38. The molecule has 0 aliphatic rings. The molecule has 0 saturated carbocycles. The number of hydrogen-bond acceptors (Lipinski definition) is 2. The predicted octanol–water partition coefficient (Wildman–Crippen LogP) is 4.01. The molecule has 0 saturated heterocycles. The molecule has 102 valence electrons. The average molecular weight is 326 g/mol. The van der Waals surface area contributed by atoms with E-state index in [9.17, 15) is 4.39 Å². The molecule has 0 radical (unpaired) electrons. The van der Waals surface area contributed by atoms with Gasteiger partial charge in [0.1, 0.15) is 23.2 Å². The van der Waals surface area contributed by atoms with Gasteiger partial charge in [0.15, 0.2) is 0 Å². The molecule has 1 aromatic carbocycles. The second-order valence-corrected chi connectivity index (χ2v) is 5.30. The number of imidazole rings is 1. The van der Waals surface area contributed by atoms with E-state index in [2.05, 4.69) is 27.8 Å². The molecule has 0 spiro atoms. The Balaban J connectivity index is 2.56. The minimum absolute atomic E-state index is 0.315. The zero-order valence-corrected chi connectivity index (χ0v) is 12.7. The van der Waals surface area contributed by atoms with Gasteiger partial charge in [-0.3, -0.25) is 0 Å². The van der Waals surface area contributed by atoms with Crippen molar-refractivity contribution < 1.29 is 4.39 Å². The summed E-state index contributed by atoms with van der Waals surface area (Å²) in [7, 11) is 0. The highest BCUT2D eigenvalue weighted by Crippen LogP contribution is 2.30. The number of rotatable bonds is 4. The van der Waals surface area contributed by atoms with Crippen LogP contribution in [-0.4, -0.2) is 9.55 Å². The normalized spacial score (nSPS) is 10.9. The highest BCUT2D eigenvalue weighted by molar-refractivity contribution is 9.10. The van der Waals surface area contributed by atoms with Gasteiger partial charge in [-0.2, -0.15) is 0 Å². The van der Waals surface area contributed by atoms with Crippen molar-refractivity contribution in [2.45, 2.75) is 33.2 Å². The maximum atomic E-state index is 14.0. The molecule has 5 heteroatoms. The number of benzene rings is 1. The summed E-state index contributed by atoms with van der Waals surface area (Å²) >= 11 is 3.25. The largest absolute Gasteiger partial charge is 0.383 e. The van der Waals surface area contributed by atoms with Gasteiger partial charge in [-0.05, 0) is 31.5 Å². The molecule has 1 heterocycles. The van der Waals surface area contributed by atoms with Crippen molar-refractivity contribution in [3.8, 4) is 11.3 Å². The van der Waals surface area contributed by atoms with Crippen molar-refractivity contribution in [1.29, 1.82) is 0 Å². The van der Waals surface area contributed by atoms with Crippen molar-refractivity contribution in [2.24, 2.45) is 0 Å². The number of aromatic nitrogens is 2. The lowest BCUT2D eigenvalue weighted by Crippen LogP contribution is -2.05. The van der Waals surface area contributed by atoms with E-state index >= 15 is 0 Å². The molecule has 0 fully saturated rings. The molecule has 0 bridgehead atoms. The summed E-state index contributed by atoms with van der Waals surface area (Å²) in [4.78, 5) is 4.51. The van der Waals surface area contributed by atoms with E-state index in [1.165, 1.54) is 6.07 Å². The van der Waals surface area contributed by atoms with E-state index in [4.69, 9.17) is 5.73 Å². The topological polar surface area (TPSA) is 43.8 Å². The van der Waals surface area contributed by atoms with Crippen LogP contribution in [0.5, 0.6) is 0 Å². The first-order valence-corrected chi connectivity index (χ1v) is 7.18. The Bertz CT molecular complexity index is 593. The Hall–Kier alpha value is -1.36. The molecule has 0 unspecified atom stereocenters. The minimum Gasteiger partial charge on any atom is -0.383 e. The predicted molar refractivity (Wildman–Crippen MR) is 79.4 cm³/mol. The summed E-state index contributed by atoms with van der Waals surface area (Å²) in [5.41, 5.74) is 7.09. The molecular formula is C14H17BrFN3. The van der Waals surface area contributed by atoms with Gasteiger partial charge >= 0.3 is 0 Å². The van der Waals surface area contributed by atoms with Crippen LogP contribution in [0.4, 0.5) is 10.2 Å². The monoisotopic (exact) mass is 325 g/mol. The fraction of sp³-hybridized carbons (Fsp3) is 0.357. The van der Waals surface area contributed by atoms with Crippen LogP contribution in [0.3, 0.4) is 0 Å². The molecule has 0 aliphatic heterocycles. The first kappa shape index (κ1) is 14.1. The van der Waals surface area contributed by atoms with Crippen molar-refractivity contribution in [2.75, 3.05) is 5.73 Å². The van der Waals surface area contributed by atoms with Crippen molar-refractivity contribution >= 4 is 21.7 Å². The van der Waals surface area contributed by atoms with Crippen LogP contribution in [0.1, 0.15) is 26.1 Å². The van der Waals surface area contributed by atoms with Crippen LogP contribution in [-0.2, 0) is 13.0 Å². The van der Waals surface area contributed by atoms with Crippen LogP contribution in [0, 0.1) is 5.82 Å². The molecule has 0 atom stereocenters. The van der Waals surface area contributed by atoms with Gasteiger partial charge in [-0.15, -0.1) is 0 Å². The number of anilines is 1. The van der Waals surface area contributed by atoms with Crippen molar-refractivity contribution in [3.05, 3.63) is 34.3 Å². The van der Waals surface area contributed by atoms with Crippen LogP contribution in [0.25, 0.3) is 11.3 Å². The van der Waals surface area contributed by atoms with Crippen LogP contribution in [0.2, 0.25) is 0 Å². The Morgan fingerprint density at radius 2 is 2.11 bits per heavy atom. The van der Waals surface area contributed by atoms with E-state index in [0.717, 1.165) is 25.2 Å². The summed E-state index contributed by atoms with van der Waals surface area (Å²) in [6.45, 7) is 4.84. The van der Waals surface area contributed by atoms with Gasteiger partial charge in [0.2, 0.25) is 0 Å². The van der Waals surface area contributed by atoms with Gasteiger partial charge in [0, 0.05) is 23.0 Å². The lowest BCUT2D eigenvalue weighted by Gasteiger charge is -2.05. The Morgan fingerprint density at radius 1 is 1.37 bits per heavy atom. The number of nitrogens with zero attached hydrogens (tertiary/aromatic N) is 2. The molecular weight excluding hydrogens is 309 g/mol. The van der Waals surface area contributed by atoms with Gasteiger partial charge in [-0.1, -0.05) is 22.9 Å². The third-order valence-electron chi connectivity index (χ3n) is 3.06. The second kappa shape index (κ2) is 5.74. The third kappa shape index (κ3) is 2.66. The minimum atomic E-state index is -0.315. The van der Waals surface area contributed by atoms with Crippen molar-refractivity contribution in [1.82, 2.24) is 9.55 Å². The van der Waals surface area contributed by atoms with Gasteiger partial charge in [-0.25, -0.2) is 9.37 Å². The summed E-state index contributed by atoms with van der Waals surface area (Å²) in [6, 6.07) is 4.93. The summed E-state index contributed by atoms with van der Waals surface area (Å²) < 4.78 is 16.7. The molecule has 2 N–H and O–H groups in total. The third-order valence-corrected chi connectivity index (χ3v) is 3.56. The zero-order valence-electron chi connectivity index (χ0n) is 11.1. The number of nitrogen functional groups attached to an aromatic ring is 1. The SMILES string of the molecule is CCCc1nc(-c2ccc(Br)cc2F)c(N)n1CC. The van der Waals surface area contributed by atoms with E-state index < -0.39 is 0 Å². The Kier molecular flexibility index (Phi) is 4.24. The molecule has 0 amide bonds. The summed E-state index contributed by atoms with van der Waals surface area (Å²) in [5, 5.41) is 0. The fourth-order valence-corrected chi connectivity index (χ4v) is 2.49. The average Bonchev–Trinajstić information content (AvgIpc) is 2.66. The van der Waals surface area contributed by atoms with E-state index in [-0.39, 0.29) is 5.82 Å². The number of halogens is 2. The highest BCUT2D eigenvalue weighted by atomic mass is 79.9. The molecule has 1 aromatic heterocycles. The van der Waals surface area contributed by atoms with Crippen LogP contribution in [0.15, 0.2) is 22.7 Å². The van der Waals surface area contributed by atoms with E-state index in [0.29, 0.717) is 21.5 Å². The molecule has 3 nitrogen and oxygen atoms in total. The standard InChI is InChI=1S/C14H17BrFN3/c1-3-5-12-18-13(14(17)19(12)4-2)10-7-6-9(15)8-11(10)16/h6-8H,3-5,17H2,1-2H3. The van der Waals surface area contributed by atoms with Gasteiger partial charge in [0.05, 0.1) is 0 Å². The van der Waals surface area contributed by atoms with Crippen LogP contribution < -0.4 is 5.73 Å². The first-order chi connectivity index (χ1) is 9.08. The fourth-order valence-electron chi connectivity index (χ4n) is 2.16. The number of aryl methyl sites for hydroxylation is 1. The molecule has 0 aliphatic carbocycles. The maximum absolute atomic E-state index is 14.0. The zero-order chi connectivity index (χ0) is 14.0. The van der Waals surface area contributed by atoms with Gasteiger partial charge < -0.3 is 10.3 Å². The van der Waals surface area contributed by atoms with Gasteiger partial charge in [0.25, 0.3) is 0 Å². The maximum Gasteiger partial charge on any atom is 0.133 e. The smallest absolute Gasteiger partial charge is 0.133 e. The Morgan fingerprint density at radius 3 is 2.68 bits per heavy atom. The summed E-state index contributed by atoms with van der Waals surface area (Å²) in [6.07, 6.45) is 1.83. The first-order valence-electron chi connectivity index (χ1n) is 6.38. The molecule has 2 rings (SSSR count). The lowest BCUT2D eigenvalue weighted by atomic mass is 10.1. The number of nitrogens with two attached hydrogens (primary N) is 1. The van der Waals surface area contributed by atoms with Crippen molar-refractivity contribution in [3.63, 3.8) is 0 Å². The number of hydrogen-bond donors (Lipinski definition) is 1. The highest BCUT2D eigenvalue weighted by Gasteiger charge is 2.17. The van der Waals surface area contributed by atoms with E-state index in [1.54, 1.807) is 12.1 Å². The summed E-state index contributed by atoms with van der Waals surface area (Å²) in [5.74, 6) is 1.14.